The molecule has 4 heteroatoms. The van der Waals surface area contributed by atoms with Crippen LogP contribution in [-0.2, 0) is 9.53 Å². The summed E-state index contributed by atoms with van der Waals surface area (Å²) >= 11 is 0. The van der Waals surface area contributed by atoms with Gasteiger partial charge in [0.2, 0.25) is 0 Å². The van der Waals surface area contributed by atoms with Gasteiger partial charge in [0.25, 0.3) is 0 Å². The van der Waals surface area contributed by atoms with Crippen LogP contribution in [0.25, 0.3) is 0 Å². The van der Waals surface area contributed by atoms with E-state index in [9.17, 15) is 15.0 Å². The largest absolute Gasteiger partial charge is 0.463 e. The van der Waals surface area contributed by atoms with Gasteiger partial charge in [0.15, 0.2) is 0 Å². The molecule has 3 rings (SSSR count). The minimum absolute atomic E-state index is 0.0273. The highest BCUT2D eigenvalue weighted by atomic mass is 16.5. The summed E-state index contributed by atoms with van der Waals surface area (Å²) in [7, 11) is 0. The quantitative estimate of drug-likeness (QED) is 0.739. The lowest BCUT2D eigenvalue weighted by atomic mass is 9.42. The number of fused-ring (bicyclic) bond motifs is 3. The van der Waals surface area contributed by atoms with Gasteiger partial charge in [-0.3, -0.25) is 4.79 Å². The van der Waals surface area contributed by atoms with Crippen LogP contribution in [0.2, 0.25) is 0 Å². The minimum Gasteiger partial charge on any atom is -0.463 e. The van der Waals surface area contributed by atoms with Crippen molar-refractivity contribution in [2.75, 3.05) is 6.61 Å². The molecule has 3 aliphatic rings. The fraction of sp³-hybridized carbons (Fsp3) is 0.955. The second kappa shape index (κ2) is 6.48. The van der Waals surface area contributed by atoms with E-state index in [1.54, 1.807) is 0 Å². The molecule has 0 saturated heterocycles. The van der Waals surface area contributed by atoms with Gasteiger partial charge >= 0.3 is 5.97 Å². The summed E-state index contributed by atoms with van der Waals surface area (Å²) in [6, 6.07) is 0. The van der Waals surface area contributed by atoms with Gasteiger partial charge in [-0.25, -0.2) is 0 Å². The van der Waals surface area contributed by atoms with Crippen molar-refractivity contribution in [1.82, 2.24) is 0 Å². The second-order valence-corrected chi connectivity index (χ2v) is 10.8. The molecule has 0 aromatic carbocycles. The van der Waals surface area contributed by atoms with Gasteiger partial charge in [-0.05, 0) is 73.0 Å². The predicted octanol–water partition coefficient (Wildman–Crippen LogP) is 4.07. The molecule has 0 bridgehead atoms. The van der Waals surface area contributed by atoms with E-state index in [0.717, 1.165) is 25.7 Å². The zero-order valence-corrected chi connectivity index (χ0v) is 17.3. The first kappa shape index (κ1) is 20.1. The van der Waals surface area contributed by atoms with E-state index in [0.29, 0.717) is 23.7 Å². The Labute approximate surface area is 158 Å². The Morgan fingerprint density at radius 1 is 1.08 bits per heavy atom. The molecule has 6 atom stereocenters. The number of ether oxygens (including phenoxy) is 1. The monoisotopic (exact) mass is 366 g/mol. The molecule has 26 heavy (non-hydrogen) atoms. The first-order valence-electron chi connectivity index (χ1n) is 10.5. The Bertz CT molecular complexity index is 558. The lowest BCUT2D eigenvalue weighted by Gasteiger charge is -2.65. The second-order valence-electron chi connectivity index (χ2n) is 10.8. The molecule has 0 heterocycles. The maximum absolute atomic E-state index is 11.7. The van der Waals surface area contributed by atoms with Crippen LogP contribution < -0.4 is 0 Å². The standard InChI is InChI=1S/C22H38O4/c1-15(23)26-13-18(24)20(4)11-7-17-21(5)10-6-9-19(2,3)16(21)8-12-22(17,25)14-20/h16-18,24-25H,6-14H2,1-5H3/t16-,17+,18+,20-,21-,22+/m1/s1. The summed E-state index contributed by atoms with van der Waals surface area (Å²) in [5.41, 5.74) is -0.558. The fourth-order valence-electron chi connectivity index (χ4n) is 7.24. The van der Waals surface area contributed by atoms with E-state index in [1.165, 1.54) is 26.2 Å². The van der Waals surface area contributed by atoms with Gasteiger partial charge in [-0.1, -0.05) is 34.1 Å². The minimum atomic E-state index is -0.718. The summed E-state index contributed by atoms with van der Waals surface area (Å²) in [4.78, 5) is 11.1. The van der Waals surface area contributed by atoms with E-state index in [4.69, 9.17) is 4.74 Å². The average molecular weight is 367 g/mol. The number of esters is 1. The molecule has 3 fully saturated rings. The molecule has 0 aromatic heterocycles. The van der Waals surface area contributed by atoms with Crippen LogP contribution in [0.5, 0.6) is 0 Å². The third-order valence-electron chi connectivity index (χ3n) is 8.55. The molecule has 0 amide bonds. The van der Waals surface area contributed by atoms with Crippen LogP contribution in [0.4, 0.5) is 0 Å². The molecule has 2 N–H and O–H groups in total. The van der Waals surface area contributed by atoms with Gasteiger partial charge in [0, 0.05) is 6.92 Å². The van der Waals surface area contributed by atoms with Crippen molar-refractivity contribution < 1.29 is 19.7 Å². The lowest BCUT2D eigenvalue weighted by molar-refractivity contribution is -0.220. The highest BCUT2D eigenvalue weighted by Crippen LogP contribution is 2.66. The van der Waals surface area contributed by atoms with Crippen LogP contribution in [0.15, 0.2) is 0 Å². The number of carbonyl (C=O) groups is 1. The molecular weight excluding hydrogens is 328 g/mol. The summed E-state index contributed by atoms with van der Waals surface area (Å²) in [5, 5.41) is 22.4. The Kier molecular flexibility index (Phi) is 5.02. The van der Waals surface area contributed by atoms with Crippen molar-refractivity contribution >= 4 is 5.97 Å². The Morgan fingerprint density at radius 2 is 1.73 bits per heavy atom. The van der Waals surface area contributed by atoms with Gasteiger partial charge in [-0.2, -0.15) is 0 Å². The van der Waals surface area contributed by atoms with E-state index >= 15 is 0 Å². The maximum Gasteiger partial charge on any atom is 0.302 e. The molecule has 0 aromatic rings. The smallest absolute Gasteiger partial charge is 0.302 e. The fourth-order valence-corrected chi connectivity index (χ4v) is 7.24. The van der Waals surface area contributed by atoms with Crippen LogP contribution in [0, 0.1) is 28.1 Å². The van der Waals surface area contributed by atoms with Gasteiger partial charge < -0.3 is 14.9 Å². The molecule has 0 unspecified atom stereocenters. The molecule has 3 saturated carbocycles. The van der Waals surface area contributed by atoms with Gasteiger partial charge in [-0.15, -0.1) is 0 Å². The first-order chi connectivity index (χ1) is 11.9. The third-order valence-corrected chi connectivity index (χ3v) is 8.55. The number of rotatable bonds is 3. The number of carbonyl (C=O) groups excluding carboxylic acids is 1. The van der Waals surface area contributed by atoms with Crippen LogP contribution in [-0.4, -0.2) is 34.5 Å². The van der Waals surface area contributed by atoms with Crippen molar-refractivity contribution in [3.8, 4) is 0 Å². The third kappa shape index (κ3) is 3.22. The van der Waals surface area contributed by atoms with Crippen LogP contribution in [0.1, 0.15) is 86.0 Å². The molecule has 4 nitrogen and oxygen atoms in total. The van der Waals surface area contributed by atoms with Crippen LogP contribution >= 0.6 is 0 Å². The van der Waals surface area contributed by atoms with Crippen molar-refractivity contribution in [2.45, 2.75) is 97.7 Å². The maximum atomic E-state index is 11.7. The highest BCUT2D eigenvalue weighted by molar-refractivity contribution is 5.65. The molecular formula is C22H38O4. The normalized spacial score (nSPS) is 46.0. The van der Waals surface area contributed by atoms with Crippen molar-refractivity contribution in [3.05, 3.63) is 0 Å². The topological polar surface area (TPSA) is 66.8 Å². The van der Waals surface area contributed by atoms with Gasteiger partial charge in [0.1, 0.15) is 6.61 Å². The van der Waals surface area contributed by atoms with E-state index in [1.807, 2.05) is 0 Å². The number of aliphatic hydroxyl groups excluding tert-OH is 1. The molecule has 150 valence electrons. The average Bonchev–Trinajstić information content (AvgIpc) is 2.50. The highest BCUT2D eigenvalue weighted by Gasteiger charge is 2.62. The summed E-state index contributed by atoms with van der Waals surface area (Å²) in [6.45, 7) is 10.7. The molecule has 3 aliphatic carbocycles. The predicted molar refractivity (Wildman–Crippen MR) is 102 cm³/mol. The van der Waals surface area contributed by atoms with E-state index in [2.05, 4.69) is 27.7 Å². The SMILES string of the molecule is CC(=O)OC[C@H](O)[C@]1(C)CC[C@@H]2[C@](O)(CC[C@@H]3C(C)(C)CCC[C@]32C)C1. The summed E-state index contributed by atoms with van der Waals surface area (Å²) < 4.78 is 5.05. The number of aliphatic hydroxyl groups is 2. The first-order valence-corrected chi connectivity index (χ1v) is 10.5. The lowest BCUT2D eigenvalue weighted by Crippen LogP contribution is -2.62. The number of hydrogen-bond acceptors (Lipinski definition) is 4. The Balaban J connectivity index is 1.81. The number of hydrogen-bond donors (Lipinski definition) is 2. The molecule has 0 radical (unpaired) electrons. The zero-order valence-electron chi connectivity index (χ0n) is 17.3. The van der Waals surface area contributed by atoms with E-state index in [-0.39, 0.29) is 18.0 Å². The zero-order chi connectivity index (χ0) is 19.4. The molecule has 0 aliphatic heterocycles. The van der Waals surface area contributed by atoms with Crippen molar-refractivity contribution in [2.24, 2.45) is 28.1 Å². The molecule has 0 spiro atoms. The van der Waals surface area contributed by atoms with E-state index < -0.39 is 17.1 Å². The van der Waals surface area contributed by atoms with Crippen LogP contribution in [0.3, 0.4) is 0 Å². The Hall–Kier alpha value is -0.610. The Morgan fingerprint density at radius 3 is 2.38 bits per heavy atom. The van der Waals surface area contributed by atoms with Crippen molar-refractivity contribution in [3.63, 3.8) is 0 Å². The summed E-state index contributed by atoms with van der Waals surface area (Å²) in [5.74, 6) is 0.615. The van der Waals surface area contributed by atoms with Crippen molar-refractivity contribution in [1.29, 1.82) is 0 Å². The summed E-state index contributed by atoms with van der Waals surface area (Å²) in [6.07, 6.45) is 7.37. The van der Waals surface area contributed by atoms with Gasteiger partial charge in [0.05, 0.1) is 11.7 Å².